The van der Waals surface area contributed by atoms with Gasteiger partial charge in [0.25, 0.3) is 0 Å². The van der Waals surface area contributed by atoms with Gasteiger partial charge in [-0.1, -0.05) is 30.3 Å². The molecule has 0 aliphatic heterocycles. The average Bonchev–Trinajstić information content (AvgIpc) is 2.81. The SMILES string of the molecule is Cc1cc(S(=O)(=O)NC(C)Cc2ccccc2)sc1CO. The molecule has 0 radical (unpaired) electrons. The third-order valence-corrected chi connectivity index (χ3v) is 6.43. The van der Waals surface area contributed by atoms with E-state index < -0.39 is 10.0 Å². The second-order valence-electron chi connectivity index (χ2n) is 5.04. The van der Waals surface area contributed by atoms with E-state index in [4.69, 9.17) is 5.11 Å². The lowest BCUT2D eigenvalue weighted by Gasteiger charge is -2.13. The Morgan fingerprint density at radius 1 is 1.29 bits per heavy atom. The quantitative estimate of drug-likeness (QED) is 0.857. The van der Waals surface area contributed by atoms with Crippen molar-refractivity contribution in [3.05, 3.63) is 52.4 Å². The standard InChI is InChI=1S/C15H19NO3S2/c1-11-8-15(20-14(11)10-17)21(18,19)16-12(2)9-13-6-4-3-5-7-13/h3-8,12,16-17H,9-10H2,1-2H3. The van der Waals surface area contributed by atoms with Crippen LogP contribution in [0.25, 0.3) is 0 Å². The van der Waals surface area contributed by atoms with Gasteiger partial charge in [-0.15, -0.1) is 11.3 Å². The number of benzene rings is 1. The van der Waals surface area contributed by atoms with Gasteiger partial charge in [-0.25, -0.2) is 13.1 Å². The predicted octanol–water partition coefficient (Wildman–Crippen LogP) is 2.46. The van der Waals surface area contributed by atoms with Gasteiger partial charge in [-0.05, 0) is 37.5 Å². The summed E-state index contributed by atoms with van der Waals surface area (Å²) >= 11 is 1.11. The first-order valence-electron chi connectivity index (χ1n) is 6.69. The van der Waals surface area contributed by atoms with Gasteiger partial charge in [0.05, 0.1) is 6.61 Å². The summed E-state index contributed by atoms with van der Waals surface area (Å²) < 4.78 is 27.6. The maximum Gasteiger partial charge on any atom is 0.250 e. The van der Waals surface area contributed by atoms with Crippen molar-refractivity contribution in [1.82, 2.24) is 4.72 Å². The van der Waals surface area contributed by atoms with Crippen molar-refractivity contribution >= 4 is 21.4 Å². The topological polar surface area (TPSA) is 66.4 Å². The number of thiophene rings is 1. The van der Waals surface area contributed by atoms with E-state index in [0.717, 1.165) is 22.5 Å². The van der Waals surface area contributed by atoms with Gasteiger partial charge >= 0.3 is 0 Å². The summed E-state index contributed by atoms with van der Waals surface area (Å²) in [7, 11) is -3.53. The summed E-state index contributed by atoms with van der Waals surface area (Å²) in [5, 5.41) is 9.17. The van der Waals surface area contributed by atoms with E-state index in [0.29, 0.717) is 11.3 Å². The van der Waals surface area contributed by atoms with Crippen LogP contribution in [0, 0.1) is 6.92 Å². The Hall–Kier alpha value is -1.21. The molecule has 0 fully saturated rings. The Bertz CT molecular complexity index is 693. The van der Waals surface area contributed by atoms with Crippen molar-refractivity contribution in [3.8, 4) is 0 Å². The Labute approximate surface area is 129 Å². The van der Waals surface area contributed by atoms with Crippen molar-refractivity contribution in [3.63, 3.8) is 0 Å². The van der Waals surface area contributed by atoms with Crippen LogP contribution in [0.3, 0.4) is 0 Å². The largest absolute Gasteiger partial charge is 0.391 e. The summed E-state index contributed by atoms with van der Waals surface area (Å²) in [6.07, 6.45) is 0.636. The van der Waals surface area contributed by atoms with Gasteiger partial charge in [0.1, 0.15) is 4.21 Å². The van der Waals surface area contributed by atoms with Crippen LogP contribution in [0.15, 0.2) is 40.6 Å². The molecule has 0 saturated carbocycles. The lowest BCUT2D eigenvalue weighted by atomic mass is 10.1. The number of hydrogen-bond donors (Lipinski definition) is 2. The number of rotatable bonds is 6. The fourth-order valence-electron chi connectivity index (χ4n) is 2.11. The van der Waals surface area contributed by atoms with Gasteiger partial charge in [-0.3, -0.25) is 0 Å². The van der Waals surface area contributed by atoms with E-state index in [1.807, 2.05) is 37.3 Å². The zero-order chi connectivity index (χ0) is 15.5. The smallest absolute Gasteiger partial charge is 0.250 e. The number of sulfonamides is 1. The van der Waals surface area contributed by atoms with Crippen LogP contribution in [-0.4, -0.2) is 19.6 Å². The van der Waals surface area contributed by atoms with E-state index in [1.54, 1.807) is 13.0 Å². The third kappa shape index (κ3) is 4.14. The molecular formula is C15H19NO3S2. The fraction of sp³-hybridized carbons (Fsp3) is 0.333. The zero-order valence-electron chi connectivity index (χ0n) is 12.0. The van der Waals surface area contributed by atoms with Gasteiger partial charge in [0.15, 0.2) is 0 Å². The molecule has 21 heavy (non-hydrogen) atoms. The lowest BCUT2D eigenvalue weighted by molar-refractivity contribution is 0.285. The minimum absolute atomic E-state index is 0.133. The van der Waals surface area contributed by atoms with Gasteiger partial charge in [0, 0.05) is 10.9 Å². The third-order valence-electron chi connectivity index (χ3n) is 3.15. The van der Waals surface area contributed by atoms with Crippen LogP contribution in [0.5, 0.6) is 0 Å². The van der Waals surface area contributed by atoms with Gasteiger partial charge in [-0.2, -0.15) is 0 Å². The second-order valence-corrected chi connectivity index (χ2v) is 8.12. The maximum atomic E-state index is 12.3. The van der Waals surface area contributed by atoms with Crippen LogP contribution in [0.1, 0.15) is 22.9 Å². The normalized spacial score (nSPS) is 13.3. The first kappa shape index (κ1) is 16.2. The summed E-state index contributed by atoms with van der Waals surface area (Å²) in [5.74, 6) is 0. The Morgan fingerprint density at radius 2 is 1.95 bits per heavy atom. The first-order valence-corrected chi connectivity index (χ1v) is 8.99. The monoisotopic (exact) mass is 325 g/mol. The minimum atomic E-state index is -3.53. The number of aliphatic hydroxyl groups excluding tert-OH is 1. The van der Waals surface area contributed by atoms with Crippen molar-refractivity contribution in [2.24, 2.45) is 0 Å². The molecule has 1 aromatic heterocycles. The highest BCUT2D eigenvalue weighted by atomic mass is 32.2. The molecule has 0 aliphatic carbocycles. The summed E-state index contributed by atoms with van der Waals surface area (Å²) in [4.78, 5) is 0.686. The molecule has 2 N–H and O–H groups in total. The number of hydrogen-bond acceptors (Lipinski definition) is 4. The van der Waals surface area contributed by atoms with Crippen molar-refractivity contribution in [1.29, 1.82) is 0 Å². The maximum absolute atomic E-state index is 12.3. The highest BCUT2D eigenvalue weighted by molar-refractivity contribution is 7.91. The van der Waals surface area contributed by atoms with E-state index in [-0.39, 0.29) is 16.9 Å². The number of nitrogens with one attached hydrogen (secondary N) is 1. The molecule has 2 rings (SSSR count). The van der Waals surface area contributed by atoms with Crippen LogP contribution in [0.4, 0.5) is 0 Å². The van der Waals surface area contributed by atoms with Crippen LogP contribution in [-0.2, 0) is 23.1 Å². The number of aliphatic hydroxyl groups is 1. The lowest BCUT2D eigenvalue weighted by Crippen LogP contribution is -2.33. The van der Waals surface area contributed by atoms with E-state index in [2.05, 4.69) is 4.72 Å². The van der Waals surface area contributed by atoms with Crippen molar-refractivity contribution in [2.75, 3.05) is 0 Å². The van der Waals surface area contributed by atoms with Crippen molar-refractivity contribution in [2.45, 2.75) is 37.1 Å². The molecule has 2 aromatic rings. The van der Waals surface area contributed by atoms with Crippen LogP contribution >= 0.6 is 11.3 Å². The molecule has 1 atom stereocenters. The van der Waals surface area contributed by atoms with Crippen molar-refractivity contribution < 1.29 is 13.5 Å². The molecule has 1 unspecified atom stereocenters. The van der Waals surface area contributed by atoms with Crippen LogP contribution < -0.4 is 4.72 Å². The highest BCUT2D eigenvalue weighted by Gasteiger charge is 2.21. The molecule has 1 heterocycles. The zero-order valence-corrected chi connectivity index (χ0v) is 13.7. The summed E-state index contributed by atoms with van der Waals surface area (Å²) in [5.41, 5.74) is 1.89. The fourth-order valence-corrected chi connectivity index (χ4v) is 4.82. The first-order chi connectivity index (χ1) is 9.92. The van der Waals surface area contributed by atoms with Crippen LogP contribution in [0.2, 0.25) is 0 Å². The molecule has 114 valence electrons. The molecule has 0 spiro atoms. The molecular weight excluding hydrogens is 306 g/mol. The highest BCUT2D eigenvalue weighted by Crippen LogP contribution is 2.26. The second kappa shape index (κ2) is 6.70. The molecule has 0 bridgehead atoms. The predicted molar refractivity (Wildman–Crippen MR) is 84.9 cm³/mol. The molecule has 0 aliphatic rings. The van der Waals surface area contributed by atoms with Gasteiger partial charge < -0.3 is 5.11 Å². The summed E-state index contributed by atoms with van der Waals surface area (Å²) in [6, 6.07) is 11.2. The molecule has 4 nitrogen and oxygen atoms in total. The van der Waals surface area contributed by atoms with Gasteiger partial charge in [0.2, 0.25) is 10.0 Å². The summed E-state index contributed by atoms with van der Waals surface area (Å²) in [6.45, 7) is 3.51. The average molecular weight is 325 g/mol. The minimum Gasteiger partial charge on any atom is -0.391 e. The Balaban J connectivity index is 2.09. The number of aryl methyl sites for hydroxylation is 1. The van der Waals surface area contributed by atoms with E-state index in [9.17, 15) is 8.42 Å². The Kier molecular flexibility index (Phi) is 5.16. The molecule has 0 amide bonds. The molecule has 1 aromatic carbocycles. The van der Waals surface area contributed by atoms with E-state index >= 15 is 0 Å². The Morgan fingerprint density at radius 3 is 2.52 bits per heavy atom. The molecule has 0 saturated heterocycles. The van der Waals surface area contributed by atoms with E-state index in [1.165, 1.54) is 0 Å². The molecule has 6 heteroatoms.